The molecule has 106 valence electrons. The summed E-state index contributed by atoms with van der Waals surface area (Å²) in [4.78, 5) is 0. The lowest BCUT2D eigenvalue weighted by Gasteiger charge is -2.25. The third-order valence-electron chi connectivity index (χ3n) is 3.99. The van der Waals surface area contributed by atoms with Gasteiger partial charge in [-0.1, -0.05) is 6.07 Å². The number of methoxy groups -OCH3 is 1. The molecule has 3 unspecified atom stereocenters. The first kappa shape index (κ1) is 14.8. The Balaban J connectivity index is 2.07. The summed E-state index contributed by atoms with van der Waals surface area (Å²) < 4.78 is 12.0. The van der Waals surface area contributed by atoms with Crippen molar-refractivity contribution in [2.24, 2.45) is 5.92 Å². The minimum atomic E-state index is 0.346. The number of likely N-dealkylation sites (N-methyl/N-ethyl adjacent to an activating group) is 1. The molecule has 1 aliphatic rings. The van der Waals surface area contributed by atoms with Gasteiger partial charge < -0.3 is 14.8 Å². The fourth-order valence-corrected chi connectivity index (χ4v) is 3.42. The molecule has 3 atom stereocenters. The van der Waals surface area contributed by atoms with E-state index >= 15 is 0 Å². The largest absolute Gasteiger partial charge is 0.496 e. The third kappa shape index (κ3) is 3.50. The van der Waals surface area contributed by atoms with Gasteiger partial charge in [-0.05, 0) is 60.4 Å². The van der Waals surface area contributed by atoms with Gasteiger partial charge >= 0.3 is 0 Å². The van der Waals surface area contributed by atoms with Crippen molar-refractivity contribution in [3.8, 4) is 5.75 Å². The molecule has 0 aliphatic carbocycles. The van der Waals surface area contributed by atoms with Gasteiger partial charge in [0.05, 0.1) is 17.7 Å². The topological polar surface area (TPSA) is 30.5 Å². The Hall–Kier alpha value is -0.580. The summed E-state index contributed by atoms with van der Waals surface area (Å²) in [5.41, 5.74) is 1.31. The number of halogens is 1. The number of benzene rings is 1. The molecule has 1 fully saturated rings. The molecule has 3 nitrogen and oxygen atoms in total. The van der Waals surface area contributed by atoms with Gasteiger partial charge in [0.2, 0.25) is 0 Å². The van der Waals surface area contributed by atoms with Crippen molar-refractivity contribution in [2.75, 3.05) is 20.8 Å². The molecule has 1 saturated heterocycles. The zero-order chi connectivity index (χ0) is 13.8. The lowest BCUT2D eigenvalue weighted by atomic mass is 9.89. The standard InChI is InChI=1S/C15H22BrNO2/c1-10-12(6-7-19-10)14(17-2)9-11-4-5-15(18-3)13(16)8-11/h4-5,8,10,12,14,17H,6-7,9H2,1-3H3. The Morgan fingerprint density at radius 2 is 2.32 bits per heavy atom. The zero-order valence-electron chi connectivity index (χ0n) is 11.8. The maximum atomic E-state index is 5.68. The molecule has 0 saturated carbocycles. The van der Waals surface area contributed by atoms with Crippen molar-refractivity contribution in [3.63, 3.8) is 0 Å². The van der Waals surface area contributed by atoms with E-state index in [0.717, 1.165) is 29.7 Å². The van der Waals surface area contributed by atoms with E-state index < -0.39 is 0 Å². The Kier molecular flexibility index (Phi) is 5.25. The molecule has 1 heterocycles. The van der Waals surface area contributed by atoms with Gasteiger partial charge in [0.25, 0.3) is 0 Å². The minimum Gasteiger partial charge on any atom is -0.496 e. The van der Waals surface area contributed by atoms with Crippen LogP contribution in [0.4, 0.5) is 0 Å². The Morgan fingerprint density at radius 1 is 1.53 bits per heavy atom. The molecular weight excluding hydrogens is 306 g/mol. The van der Waals surface area contributed by atoms with Crippen molar-refractivity contribution < 1.29 is 9.47 Å². The number of hydrogen-bond donors (Lipinski definition) is 1. The summed E-state index contributed by atoms with van der Waals surface area (Å²) in [6.07, 6.45) is 2.50. The molecular formula is C15H22BrNO2. The maximum absolute atomic E-state index is 5.68. The normalized spacial score (nSPS) is 24.4. The van der Waals surface area contributed by atoms with Crippen LogP contribution in [-0.4, -0.2) is 32.9 Å². The fraction of sp³-hybridized carbons (Fsp3) is 0.600. The van der Waals surface area contributed by atoms with E-state index in [1.807, 2.05) is 13.1 Å². The summed E-state index contributed by atoms with van der Waals surface area (Å²) >= 11 is 3.54. The van der Waals surface area contributed by atoms with E-state index in [-0.39, 0.29) is 0 Å². The van der Waals surface area contributed by atoms with E-state index in [2.05, 4.69) is 40.3 Å². The van der Waals surface area contributed by atoms with Gasteiger partial charge in [0.15, 0.2) is 0 Å². The summed E-state index contributed by atoms with van der Waals surface area (Å²) in [6, 6.07) is 6.75. The van der Waals surface area contributed by atoms with Crippen LogP contribution >= 0.6 is 15.9 Å². The third-order valence-corrected chi connectivity index (χ3v) is 4.61. The summed E-state index contributed by atoms with van der Waals surface area (Å²) in [5.74, 6) is 1.47. The van der Waals surface area contributed by atoms with Crippen LogP contribution in [0, 0.1) is 5.92 Å². The van der Waals surface area contributed by atoms with E-state index in [4.69, 9.17) is 9.47 Å². The van der Waals surface area contributed by atoms with Gasteiger partial charge in [-0.2, -0.15) is 0 Å². The van der Waals surface area contributed by atoms with E-state index in [0.29, 0.717) is 18.1 Å². The second-order valence-electron chi connectivity index (χ2n) is 5.10. The van der Waals surface area contributed by atoms with Crippen LogP contribution in [0.1, 0.15) is 18.9 Å². The second-order valence-corrected chi connectivity index (χ2v) is 5.95. The first-order valence-electron chi connectivity index (χ1n) is 6.77. The first-order chi connectivity index (χ1) is 9.15. The molecule has 2 rings (SSSR count). The quantitative estimate of drug-likeness (QED) is 0.901. The summed E-state index contributed by atoms with van der Waals surface area (Å²) in [7, 11) is 3.72. The van der Waals surface area contributed by atoms with Crippen LogP contribution < -0.4 is 10.1 Å². The predicted octanol–water partition coefficient (Wildman–Crippen LogP) is 3.01. The maximum Gasteiger partial charge on any atom is 0.133 e. The van der Waals surface area contributed by atoms with Crippen molar-refractivity contribution in [1.29, 1.82) is 0 Å². The van der Waals surface area contributed by atoms with Gasteiger partial charge in [-0.15, -0.1) is 0 Å². The molecule has 0 amide bonds. The highest BCUT2D eigenvalue weighted by atomic mass is 79.9. The highest BCUT2D eigenvalue weighted by Gasteiger charge is 2.31. The summed E-state index contributed by atoms with van der Waals surface area (Å²) in [5, 5.41) is 3.44. The van der Waals surface area contributed by atoms with Crippen molar-refractivity contribution >= 4 is 15.9 Å². The van der Waals surface area contributed by atoms with Crippen molar-refractivity contribution in [2.45, 2.75) is 31.9 Å². The zero-order valence-corrected chi connectivity index (χ0v) is 13.4. The smallest absolute Gasteiger partial charge is 0.133 e. The fourth-order valence-electron chi connectivity index (χ4n) is 2.83. The SMILES string of the molecule is CNC(Cc1ccc(OC)c(Br)c1)C1CCOC1C. The molecule has 4 heteroatoms. The van der Waals surface area contributed by atoms with Gasteiger partial charge in [-0.3, -0.25) is 0 Å². The van der Waals surface area contributed by atoms with E-state index in [1.54, 1.807) is 7.11 Å². The Bertz CT molecular complexity index is 425. The highest BCUT2D eigenvalue weighted by Crippen LogP contribution is 2.29. The predicted molar refractivity (Wildman–Crippen MR) is 80.8 cm³/mol. The van der Waals surface area contributed by atoms with Crippen LogP contribution in [0.25, 0.3) is 0 Å². The number of ether oxygens (including phenoxy) is 2. The monoisotopic (exact) mass is 327 g/mol. The average Bonchev–Trinajstić information content (AvgIpc) is 2.82. The van der Waals surface area contributed by atoms with Crippen LogP contribution in [0.3, 0.4) is 0 Å². The number of nitrogens with one attached hydrogen (secondary N) is 1. The Morgan fingerprint density at radius 3 is 2.84 bits per heavy atom. The van der Waals surface area contributed by atoms with Crippen LogP contribution in [0.2, 0.25) is 0 Å². The molecule has 0 spiro atoms. The molecule has 0 radical (unpaired) electrons. The summed E-state index contributed by atoms with van der Waals surface area (Å²) in [6.45, 7) is 3.06. The lowest BCUT2D eigenvalue weighted by Crippen LogP contribution is -2.38. The molecule has 1 aromatic rings. The van der Waals surface area contributed by atoms with E-state index in [1.165, 1.54) is 5.56 Å². The minimum absolute atomic E-state index is 0.346. The first-order valence-corrected chi connectivity index (χ1v) is 7.56. The number of hydrogen-bond acceptors (Lipinski definition) is 3. The van der Waals surface area contributed by atoms with Crippen molar-refractivity contribution in [3.05, 3.63) is 28.2 Å². The molecule has 0 bridgehead atoms. The number of rotatable bonds is 5. The lowest BCUT2D eigenvalue weighted by molar-refractivity contribution is 0.0963. The molecule has 0 aromatic heterocycles. The van der Waals surface area contributed by atoms with Gasteiger partial charge in [0, 0.05) is 18.6 Å². The molecule has 19 heavy (non-hydrogen) atoms. The second kappa shape index (κ2) is 6.73. The van der Waals surface area contributed by atoms with Crippen LogP contribution in [0.5, 0.6) is 5.75 Å². The Labute approximate surface area is 123 Å². The van der Waals surface area contributed by atoms with Crippen LogP contribution in [0.15, 0.2) is 22.7 Å². The van der Waals surface area contributed by atoms with Crippen LogP contribution in [-0.2, 0) is 11.2 Å². The van der Waals surface area contributed by atoms with E-state index in [9.17, 15) is 0 Å². The van der Waals surface area contributed by atoms with Gasteiger partial charge in [0.1, 0.15) is 5.75 Å². The van der Waals surface area contributed by atoms with Crippen molar-refractivity contribution in [1.82, 2.24) is 5.32 Å². The molecule has 1 N–H and O–H groups in total. The van der Waals surface area contributed by atoms with Gasteiger partial charge in [-0.25, -0.2) is 0 Å². The molecule has 1 aromatic carbocycles. The average molecular weight is 328 g/mol. The highest BCUT2D eigenvalue weighted by molar-refractivity contribution is 9.10. The molecule has 1 aliphatic heterocycles.